The molecular weight excluding hydrogens is 390 g/mol. The quantitative estimate of drug-likeness (QED) is 0.712. The molecule has 0 saturated carbocycles. The summed E-state index contributed by atoms with van der Waals surface area (Å²) in [5.74, 6) is 0.268. The minimum absolute atomic E-state index is 0.00164. The van der Waals surface area contributed by atoms with E-state index in [0.717, 1.165) is 69.8 Å². The van der Waals surface area contributed by atoms with Gasteiger partial charge in [-0.05, 0) is 31.4 Å². The fraction of sp³-hybridized carbons (Fsp3) is 0.542. The number of carbonyl (C=O) groups excluding carboxylic acids is 1. The Labute approximate surface area is 184 Å². The SMILES string of the molecule is CCCN1CCN(C(=O)[C@H]2CCCN(c3cnn(Cc4ccccc4)c(=O)c3)C2)CC1. The summed E-state index contributed by atoms with van der Waals surface area (Å²) in [4.78, 5) is 32.4. The van der Waals surface area contributed by atoms with Crippen molar-refractivity contribution in [2.75, 3.05) is 50.7 Å². The fourth-order valence-corrected chi connectivity index (χ4v) is 4.65. The highest BCUT2D eigenvalue weighted by Crippen LogP contribution is 2.24. The van der Waals surface area contributed by atoms with Crippen LogP contribution in [0.25, 0.3) is 0 Å². The van der Waals surface area contributed by atoms with Crippen molar-refractivity contribution < 1.29 is 4.79 Å². The molecule has 3 heterocycles. The highest BCUT2D eigenvalue weighted by atomic mass is 16.2. The molecule has 4 rings (SSSR count). The van der Waals surface area contributed by atoms with Gasteiger partial charge in [-0.25, -0.2) is 4.68 Å². The van der Waals surface area contributed by atoms with E-state index in [0.29, 0.717) is 13.1 Å². The van der Waals surface area contributed by atoms with Crippen molar-refractivity contribution in [1.29, 1.82) is 0 Å². The number of piperidine rings is 1. The van der Waals surface area contributed by atoms with E-state index in [9.17, 15) is 9.59 Å². The Hall–Kier alpha value is -2.67. The van der Waals surface area contributed by atoms with Crippen molar-refractivity contribution in [3.8, 4) is 0 Å². The molecule has 0 aliphatic carbocycles. The Bertz CT molecular complexity index is 921. The van der Waals surface area contributed by atoms with E-state index >= 15 is 0 Å². The van der Waals surface area contributed by atoms with Gasteiger partial charge >= 0.3 is 0 Å². The van der Waals surface area contributed by atoms with Crippen molar-refractivity contribution in [2.45, 2.75) is 32.7 Å². The molecule has 0 unspecified atom stereocenters. The predicted octanol–water partition coefficient (Wildman–Crippen LogP) is 2.06. The topological polar surface area (TPSA) is 61.7 Å². The standard InChI is InChI=1S/C24H33N5O2/c1-2-10-26-12-14-27(15-13-26)24(31)21-9-6-11-28(19-21)22-16-23(30)29(25-17-22)18-20-7-4-3-5-8-20/h3-5,7-8,16-17,21H,2,6,9-15,18-19H2,1H3/t21-/m0/s1. The molecule has 0 radical (unpaired) electrons. The lowest BCUT2D eigenvalue weighted by Gasteiger charge is -2.39. The second-order valence-corrected chi connectivity index (χ2v) is 8.65. The van der Waals surface area contributed by atoms with Gasteiger partial charge in [0.1, 0.15) is 0 Å². The van der Waals surface area contributed by atoms with Crippen molar-refractivity contribution in [3.63, 3.8) is 0 Å². The number of benzene rings is 1. The molecule has 1 aromatic heterocycles. The lowest BCUT2D eigenvalue weighted by Crippen LogP contribution is -2.52. The first kappa shape index (κ1) is 21.6. The van der Waals surface area contributed by atoms with Gasteiger partial charge in [-0.2, -0.15) is 5.10 Å². The number of nitrogens with zero attached hydrogens (tertiary/aromatic N) is 5. The smallest absolute Gasteiger partial charge is 0.269 e. The summed E-state index contributed by atoms with van der Waals surface area (Å²) >= 11 is 0. The Balaban J connectivity index is 1.37. The number of hydrogen-bond acceptors (Lipinski definition) is 5. The summed E-state index contributed by atoms with van der Waals surface area (Å²) in [6, 6.07) is 11.5. The maximum atomic E-state index is 13.1. The Kier molecular flexibility index (Phi) is 7.02. The number of rotatable bonds is 6. The van der Waals surface area contributed by atoms with Crippen LogP contribution in [0.5, 0.6) is 0 Å². The maximum Gasteiger partial charge on any atom is 0.269 e. The van der Waals surface area contributed by atoms with Gasteiger partial charge in [-0.1, -0.05) is 37.3 Å². The largest absolute Gasteiger partial charge is 0.369 e. The molecular formula is C24H33N5O2. The molecule has 31 heavy (non-hydrogen) atoms. The number of anilines is 1. The monoisotopic (exact) mass is 423 g/mol. The highest BCUT2D eigenvalue weighted by Gasteiger charge is 2.31. The normalized spacial score (nSPS) is 20.1. The molecule has 1 aromatic carbocycles. The minimum atomic E-state index is -0.109. The van der Waals surface area contributed by atoms with E-state index in [4.69, 9.17) is 0 Å². The van der Waals surface area contributed by atoms with Crippen LogP contribution in [0, 0.1) is 5.92 Å². The molecule has 0 spiro atoms. The van der Waals surface area contributed by atoms with Crippen LogP contribution in [0.15, 0.2) is 47.4 Å². The highest BCUT2D eigenvalue weighted by molar-refractivity contribution is 5.80. The lowest BCUT2D eigenvalue weighted by molar-refractivity contribution is -0.137. The predicted molar refractivity (Wildman–Crippen MR) is 122 cm³/mol. The second kappa shape index (κ2) is 10.1. The molecule has 7 nitrogen and oxygen atoms in total. The van der Waals surface area contributed by atoms with Crippen LogP contribution >= 0.6 is 0 Å². The molecule has 2 aliphatic heterocycles. The van der Waals surface area contributed by atoms with Crippen LogP contribution in [-0.4, -0.2) is 71.3 Å². The van der Waals surface area contributed by atoms with Crippen LogP contribution in [0.3, 0.4) is 0 Å². The summed E-state index contributed by atoms with van der Waals surface area (Å²) in [6.07, 6.45) is 4.80. The van der Waals surface area contributed by atoms with Crippen LogP contribution in [-0.2, 0) is 11.3 Å². The molecule has 2 fully saturated rings. The first-order valence-corrected chi connectivity index (χ1v) is 11.5. The Morgan fingerprint density at radius 3 is 2.58 bits per heavy atom. The molecule has 1 amide bonds. The van der Waals surface area contributed by atoms with Gasteiger partial charge in [0.2, 0.25) is 5.91 Å². The molecule has 2 aliphatic rings. The van der Waals surface area contributed by atoms with E-state index in [-0.39, 0.29) is 17.4 Å². The molecule has 0 N–H and O–H groups in total. The zero-order chi connectivity index (χ0) is 21.6. The third-order valence-electron chi connectivity index (χ3n) is 6.39. The fourth-order valence-electron chi connectivity index (χ4n) is 4.65. The van der Waals surface area contributed by atoms with Gasteiger partial charge < -0.3 is 9.80 Å². The van der Waals surface area contributed by atoms with Crippen LogP contribution in [0.4, 0.5) is 5.69 Å². The van der Waals surface area contributed by atoms with E-state index in [1.54, 1.807) is 12.3 Å². The maximum absolute atomic E-state index is 13.1. The van der Waals surface area contributed by atoms with Gasteiger partial charge in [0, 0.05) is 45.3 Å². The van der Waals surface area contributed by atoms with E-state index < -0.39 is 0 Å². The first-order valence-electron chi connectivity index (χ1n) is 11.5. The number of aromatic nitrogens is 2. The van der Waals surface area contributed by atoms with Gasteiger partial charge in [-0.15, -0.1) is 0 Å². The zero-order valence-corrected chi connectivity index (χ0v) is 18.4. The molecule has 1 atom stereocenters. The van der Waals surface area contributed by atoms with Crippen LogP contribution < -0.4 is 10.5 Å². The Morgan fingerprint density at radius 1 is 1.10 bits per heavy atom. The number of carbonyl (C=O) groups is 1. The average molecular weight is 424 g/mol. The third kappa shape index (κ3) is 5.34. The zero-order valence-electron chi connectivity index (χ0n) is 18.4. The number of piperazine rings is 1. The molecule has 2 aromatic rings. The summed E-state index contributed by atoms with van der Waals surface area (Å²) < 4.78 is 1.49. The molecule has 166 valence electrons. The summed E-state index contributed by atoms with van der Waals surface area (Å²) in [5.41, 5.74) is 1.76. The minimum Gasteiger partial charge on any atom is -0.369 e. The summed E-state index contributed by atoms with van der Waals surface area (Å²) in [7, 11) is 0. The summed E-state index contributed by atoms with van der Waals surface area (Å²) in [6.45, 7) is 8.89. The Morgan fingerprint density at radius 2 is 1.87 bits per heavy atom. The summed E-state index contributed by atoms with van der Waals surface area (Å²) in [5, 5.41) is 4.40. The molecule has 2 saturated heterocycles. The third-order valence-corrected chi connectivity index (χ3v) is 6.39. The lowest BCUT2D eigenvalue weighted by atomic mass is 9.96. The van der Waals surface area contributed by atoms with Crippen molar-refractivity contribution in [3.05, 3.63) is 58.5 Å². The second-order valence-electron chi connectivity index (χ2n) is 8.65. The molecule has 0 bridgehead atoms. The average Bonchev–Trinajstić information content (AvgIpc) is 2.81. The first-order chi connectivity index (χ1) is 15.1. The van der Waals surface area contributed by atoms with Crippen molar-refractivity contribution >= 4 is 11.6 Å². The van der Waals surface area contributed by atoms with Gasteiger partial charge in [0.05, 0.1) is 24.3 Å². The van der Waals surface area contributed by atoms with Gasteiger partial charge in [-0.3, -0.25) is 14.5 Å². The van der Waals surface area contributed by atoms with Gasteiger partial charge in [0.25, 0.3) is 5.56 Å². The number of hydrogen-bond donors (Lipinski definition) is 0. The van der Waals surface area contributed by atoms with Crippen molar-refractivity contribution in [2.24, 2.45) is 5.92 Å². The van der Waals surface area contributed by atoms with Crippen LogP contribution in [0.2, 0.25) is 0 Å². The van der Waals surface area contributed by atoms with Gasteiger partial charge in [0.15, 0.2) is 0 Å². The van der Waals surface area contributed by atoms with Crippen LogP contribution in [0.1, 0.15) is 31.7 Å². The molecule has 7 heteroatoms. The van der Waals surface area contributed by atoms with E-state index in [1.165, 1.54) is 4.68 Å². The van der Waals surface area contributed by atoms with Crippen molar-refractivity contribution in [1.82, 2.24) is 19.6 Å². The number of amides is 1. The van der Waals surface area contributed by atoms with E-state index in [2.05, 4.69) is 21.8 Å². The van der Waals surface area contributed by atoms with E-state index in [1.807, 2.05) is 35.2 Å².